The molecule has 0 fully saturated rings. The summed E-state index contributed by atoms with van der Waals surface area (Å²) in [7, 11) is 1.61. The van der Waals surface area contributed by atoms with E-state index in [4.69, 9.17) is 10.00 Å². The van der Waals surface area contributed by atoms with Gasteiger partial charge in [-0.2, -0.15) is 5.26 Å². The van der Waals surface area contributed by atoms with E-state index in [0.717, 1.165) is 11.3 Å². The monoisotopic (exact) mass is 327 g/mol. The first-order chi connectivity index (χ1) is 11.1. The van der Waals surface area contributed by atoms with Gasteiger partial charge in [-0.05, 0) is 36.8 Å². The fraction of sp³-hybridized carbons (Fsp3) is 0.235. The number of thioether (sulfide) groups is 1. The Labute approximate surface area is 139 Å². The number of hydrogen-bond donors (Lipinski definition) is 1. The Balaban J connectivity index is 1.90. The smallest absolute Gasteiger partial charge is 0.233 e. The van der Waals surface area contributed by atoms with Crippen LogP contribution in [0.4, 0.5) is 0 Å². The van der Waals surface area contributed by atoms with E-state index in [9.17, 15) is 4.79 Å². The number of amides is 1. The summed E-state index contributed by atoms with van der Waals surface area (Å²) in [5, 5.41) is 12.1. The zero-order chi connectivity index (χ0) is 16.7. The molecule has 0 saturated heterocycles. The summed E-state index contributed by atoms with van der Waals surface area (Å²) in [6, 6.07) is 12.9. The quantitative estimate of drug-likeness (QED) is 0.826. The number of nitriles is 1. The van der Waals surface area contributed by atoms with Gasteiger partial charge >= 0.3 is 0 Å². The topological polar surface area (TPSA) is 75.0 Å². The molecule has 0 unspecified atom stereocenters. The number of aromatic nitrogens is 1. The fourth-order valence-electron chi connectivity index (χ4n) is 1.89. The van der Waals surface area contributed by atoms with Crippen LogP contribution in [-0.4, -0.2) is 23.3 Å². The van der Waals surface area contributed by atoms with Gasteiger partial charge in [0.15, 0.2) is 0 Å². The van der Waals surface area contributed by atoms with Gasteiger partial charge in [0.25, 0.3) is 0 Å². The van der Waals surface area contributed by atoms with Gasteiger partial charge in [0.2, 0.25) is 5.91 Å². The van der Waals surface area contributed by atoms with Crippen molar-refractivity contribution in [3.63, 3.8) is 0 Å². The Bertz CT molecular complexity index is 728. The lowest BCUT2D eigenvalue weighted by Gasteiger charge is -2.12. The van der Waals surface area contributed by atoms with Crippen LogP contribution in [0.3, 0.4) is 0 Å². The molecule has 0 bridgehead atoms. The van der Waals surface area contributed by atoms with Crippen LogP contribution in [0.5, 0.6) is 5.75 Å². The molecule has 2 rings (SSSR count). The first-order valence-electron chi connectivity index (χ1n) is 7.06. The summed E-state index contributed by atoms with van der Waals surface area (Å²) in [5.74, 6) is 0.679. The van der Waals surface area contributed by atoms with Crippen LogP contribution in [0.2, 0.25) is 0 Å². The minimum absolute atomic E-state index is 0.0815. The molecule has 0 spiro atoms. The Kier molecular flexibility index (Phi) is 6.01. The van der Waals surface area contributed by atoms with Crippen molar-refractivity contribution in [2.24, 2.45) is 0 Å². The number of benzene rings is 1. The minimum Gasteiger partial charge on any atom is -0.497 e. The molecule has 1 heterocycles. The third-order valence-electron chi connectivity index (χ3n) is 3.13. The molecule has 5 nitrogen and oxygen atoms in total. The maximum Gasteiger partial charge on any atom is 0.233 e. The van der Waals surface area contributed by atoms with E-state index in [-0.39, 0.29) is 11.2 Å². The third kappa shape index (κ3) is 5.01. The molecule has 1 aromatic carbocycles. The van der Waals surface area contributed by atoms with Crippen molar-refractivity contribution in [3.05, 3.63) is 53.7 Å². The number of pyridine rings is 1. The number of ether oxygens (including phenoxy) is 1. The second-order valence-corrected chi connectivity index (χ2v) is 6.19. The molecule has 1 atom stereocenters. The Morgan fingerprint density at radius 2 is 2.26 bits per heavy atom. The van der Waals surface area contributed by atoms with Crippen molar-refractivity contribution in [3.8, 4) is 11.8 Å². The molecule has 6 heteroatoms. The largest absolute Gasteiger partial charge is 0.497 e. The summed E-state index contributed by atoms with van der Waals surface area (Å²) < 4.78 is 5.16. The number of rotatable bonds is 6. The average Bonchev–Trinajstić information content (AvgIpc) is 2.59. The molecule has 1 amide bonds. The van der Waals surface area contributed by atoms with Crippen molar-refractivity contribution in [1.82, 2.24) is 10.3 Å². The average molecular weight is 327 g/mol. The molecule has 23 heavy (non-hydrogen) atoms. The molecule has 0 aliphatic carbocycles. The molecule has 1 aromatic heterocycles. The predicted molar refractivity (Wildman–Crippen MR) is 89.1 cm³/mol. The van der Waals surface area contributed by atoms with Gasteiger partial charge in [0.05, 0.1) is 29.0 Å². The lowest BCUT2D eigenvalue weighted by Crippen LogP contribution is -2.30. The van der Waals surface area contributed by atoms with Crippen molar-refractivity contribution >= 4 is 17.7 Å². The highest BCUT2D eigenvalue weighted by Crippen LogP contribution is 2.22. The zero-order valence-electron chi connectivity index (χ0n) is 12.9. The van der Waals surface area contributed by atoms with E-state index in [0.29, 0.717) is 17.1 Å². The molecule has 0 aliphatic heterocycles. The first-order valence-corrected chi connectivity index (χ1v) is 7.94. The second-order valence-electron chi connectivity index (χ2n) is 4.82. The summed E-state index contributed by atoms with van der Waals surface area (Å²) in [5.41, 5.74) is 1.51. The zero-order valence-corrected chi connectivity index (χ0v) is 13.8. The van der Waals surface area contributed by atoms with Crippen LogP contribution < -0.4 is 10.1 Å². The predicted octanol–water partition coefficient (Wildman–Crippen LogP) is 2.76. The van der Waals surface area contributed by atoms with Crippen LogP contribution in [0.1, 0.15) is 18.1 Å². The maximum absolute atomic E-state index is 12.2. The van der Waals surface area contributed by atoms with E-state index in [1.165, 1.54) is 11.8 Å². The second kappa shape index (κ2) is 8.20. The van der Waals surface area contributed by atoms with E-state index >= 15 is 0 Å². The Hall–Kier alpha value is -2.52. The maximum atomic E-state index is 12.2. The highest BCUT2D eigenvalue weighted by molar-refractivity contribution is 8.00. The molecular weight excluding hydrogens is 310 g/mol. The molecule has 2 aromatic rings. The lowest BCUT2D eigenvalue weighted by atomic mass is 10.2. The number of nitrogens with zero attached hydrogens (tertiary/aromatic N) is 2. The molecule has 0 saturated carbocycles. The molecule has 1 N–H and O–H groups in total. The molecule has 0 aliphatic rings. The molecular formula is C17H17N3O2S. The molecule has 118 valence electrons. The van der Waals surface area contributed by atoms with Crippen molar-refractivity contribution < 1.29 is 9.53 Å². The standard InChI is InChI=1S/C17H17N3O2S/c1-12(23-16-9-13(10-18)6-7-19-16)17(21)20-11-14-4-3-5-15(8-14)22-2/h3-9,12H,11H2,1-2H3,(H,20,21)/t12-/m0/s1. The normalized spacial score (nSPS) is 11.3. The van der Waals surface area contributed by atoms with Gasteiger partial charge in [0, 0.05) is 12.7 Å². The van der Waals surface area contributed by atoms with Crippen molar-refractivity contribution in [1.29, 1.82) is 5.26 Å². The number of carbonyl (C=O) groups excluding carboxylic acids is 1. The van der Waals surface area contributed by atoms with Crippen LogP contribution in [0.25, 0.3) is 0 Å². The SMILES string of the molecule is COc1cccc(CNC(=O)[C@H](C)Sc2cc(C#N)ccn2)c1. The minimum atomic E-state index is -0.304. The number of hydrogen-bond acceptors (Lipinski definition) is 5. The van der Waals surface area contributed by atoms with Crippen LogP contribution >= 0.6 is 11.8 Å². The first kappa shape index (κ1) is 16.8. The van der Waals surface area contributed by atoms with E-state index in [1.807, 2.05) is 31.2 Å². The van der Waals surface area contributed by atoms with Gasteiger partial charge in [-0.25, -0.2) is 4.98 Å². The third-order valence-corrected chi connectivity index (χ3v) is 4.16. The highest BCUT2D eigenvalue weighted by Gasteiger charge is 2.15. The van der Waals surface area contributed by atoms with E-state index in [1.54, 1.807) is 25.4 Å². The summed E-state index contributed by atoms with van der Waals surface area (Å²) in [6.45, 7) is 2.25. The van der Waals surface area contributed by atoms with E-state index in [2.05, 4.69) is 16.4 Å². The Morgan fingerprint density at radius 3 is 3.00 bits per heavy atom. The lowest BCUT2D eigenvalue weighted by molar-refractivity contribution is -0.120. The summed E-state index contributed by atoms with van der Waals surface area (Å²) >= 11 is 1.33. The Morgan fingerprint density at radius 1 is 1.43 bits per heavy atom. The number of carbonyl (C=O) groups is 1. The van der Waals surface area contributed by atoms with Crippen LogP contribution in [0, 0.1) is 11.3 Å². The van der Waals surface area contributed by atoms with Gasteiger partial charge in [0.1, 0.15) is 5.75 Å². The summed E-state index contributed by atoms with van der Waals surface area (Å²) in [4.78, 5) is 16.3. The molecule has 0 radical (unpaired) electrons. The van der Waals surface area contributed by atoms with Gasteiger partial charge in [-0.15, -0.1) is 0 Å². The van der Waals surface area contributed by atoms with Gasteiger partial charge in [-0.1, -0.05) is 23.9 Å². The van der Waals surface area contributed by atoms with Crippen molar-refractivity contribution in [2.45, 2.75) is 23.7 Å². The van der Waals surface area contributed by atoms with Gasteiger partial charge < -0.3 is 10.1 Å². The number of nitrogens with one attached hydrogen (secondary N) is 1. The van der Waals surface area contributed by atoms with Gasteiger partial charge in [-0.3, -0.25) is 4.79 Å². The summed E-state index contributed by atoms with van der Waals surface area (Å²) in [6.07, 6.45) is 1.57. The highest BCUT2D eigenvalue weighted by atomic mass is 32.2. The van der Waals surface area contributed by atoms with Crippen LogP contribution in [0.15, 0.2) is 47.6 Å². The van der Waals surface area contributed by atoms with Crippen LogP contribution in [-0.2, 0) is 11.3 Å². The van der Waals surface area contributed by atoms with Crippen molar-refractivity contribution in [2.75, 3.05) is 7.11 Å². The fourth-order valence-corrected chi connectivity index (χ4v) is 2.76. The van der Waals surface area contributed by atoms with E-state index < -0.39 is 0 Å². The number of methoxy groups -OCH3 is 1.